The number of rotatable bonds is 6. The van der Waals surface area contributed by atoms with E-state index in [4.69, 9.17) is 4.98 Å². The average molecular weight is 442 g/mol. The summed E-state index contributed by atoms with van der Waals surface area (Å²) in [5.74, 6) is 0.430. The minimum absolute atomic E-state index is 0.113. The van der Waals surface area contributed by atoms with E-state index >= 15 is 0 Å². The molecule has 1 aromatic carbocycles. The van der Waals surface area contributed by atoms with Crippen molar-refractivity contribution < 1.29 is 13.2 Å². The van der Waals surface area contributed by atoms with Crippen molar-refractivity contribution in [3.05, 3.63) is 54.0 Å². The number of fused-ring (bicyclic) bond motifs is 1. The Bertz CT molecular complexity index is 1200. The van der Waals surface area contributed by atoms with Crippen molar-refractivity contribution in [2.75, 3.05) is 13.6 Å². The van der Waals surface area contributed by atoms with Gasteiger partial charge in [-0.3, -0.25) is 14.5 Å². The van der Waals surface area contributed by atoms with E-state index < -0.39 is 10.0 Å². The summed E-state index contributed by atoms with van der Waals surface area (Å²) in [4.78, 5) is 17.4. The topological polar surface area (TPSA) is 106 Å². The number of para-hydroxylation sites is 1. The molecule has 1 aliphatic carbocycles. The molecule has 2 aromatic heterocycles. The van der Waals surface area contributed by atoms with Gasteiger partial charge in [-0.05, 0) is 43.7 Å². The van der Waals surface area contributed by atoms with Gasteiger partial charge in [-0.25, -0.2) is 13.1 Å². The van der Waals surface area contributed by atoms with Crippen LogP contribution in [0.25, 0.3) is 10.9 Å². The van der Waals surface area contributed by atoms with Gasteiger partial charge >= 0.3 is 0 Å². The first-order valence-electron chi connectivity index (χ1n) is 10.5. The molecule has 9 heteroatoms. The lowest BCUT2D eigenvalue weighted by molar-refractivity contribution is 0.0964. The molecule has 0 aliphatic heterocycles. The highest BCUT2D eigenvalue weighted by Gasteiger charge is 2.26. The van der Waals surface area contributed by atoms with E-state index in [-0.39, 0.29) is 22.6 Å². The highest BCUT2D eigenvalue weighted by Crippen LogP contribution is 2.36. The van der Waals surface area contributed by atoms with Gasteiger partial charge in [0.1, 0.15) is 4.90 Å². The fourth-order valence-electron chi connectivity index (χ4n) is 4.24. The molecule has 1 saturated carbocycles. The SMILES string of the molecule is CNC(=O)c1cc(C2CCC(CNS(=O)(=O)c3cnn(C)c3)CC2)nc2ccccc12. The number of pyridine rings is 1. The van der Waals surface area contributed by atoms with E-state index in [2.05, 4.69) is 15.1 Å². The molecule has 2 heterocycles. The minimum Gasteiger partial charge on any atom is -0.355 e. The van der Waals surface area contributed by atoms with Crippen LogP contribution in [0.15, 0.2) is 47.6 Å². The van der Waals surface area contributed by atoms with E-state index in [0.717, 1.165) is 42.3 Å². The van der Waals surface area contributed by atoms with Crippen molar-refractivity contribution in [1.82, 2.24) is 24.8 Å². The number of hydrogen-bond acceptors (Lipinski definition) is 5. The summed E-state index contributed by atoms with van der Waals surface area (Å²) in [5, 5.41) is 7.50. The standard InChI is InChI=1S/C22H27N5O3S/c1-23-22(28)19-11-21(26-20-6-4-3-5-18(19)20)16-9-7-15(8-10-16)12-25-31(29,30)17-13-24-27(2)14-17/h3-6,11,13-16,25H,7-10,12H2,1-2H3,(H,23,28). The molecule has 0 atom stereocenters. The fraction of sp³-hybridized carbons (Fsp3) is 0.409. The van der Waals surface area contributed by atoms with Crippen LogP contribution < -0.4 is 10.0 Å². The molecule has 0 spiro atoms. The number of nitrogens with one attached hydrogen (secondary N) is 2. The zero-order valence-electron chi connectivity index (χ0n) is 17.7. The minimum atomic E-state index is -3.54. The summed E-state index contributed by atoms with van der Waals surface area (Å²) in [6.45, 7) is 0.415. The predicted octanol–water partition coefficient (Wildman–Crippen LogP) is 2.58. The molecule has 4 rings (SSSR count). The van der Waals surface area contributed by atoms with E-state index in [9.17, 15) is 13.2 Å². The van der Waals surface area contributed by atoms with Gasteiger partial charge in [0, 0.05) is 43.8 Å². The van der Waals surface area contributed by atoms with E-state index in [1.54, 1.807) is 14.1 Å². The van der Waals surface area contributed by atoms with Gasteiger partial charge in [-0.2, -0.15) is 5.10 Å². The summed E-state index contributed by atoms with van der Waals surface area (Å²) in [6.07, 6.45) is 6.49. The van der Waals surface area contributed by atoms with Crippen LogP contribution in [0.1, 0.15) is 47.7 Å². The van der Waals surface area contributed by atoms with Gasteiger partial charge < -0.3 is 5.32 Å². The van der Waals surface area contributed by atoms with Gasteiger partial charge in [-0.15, -0.1) is 0 Å². The maximum absolute atomic E-state index is 12.4. The van der Waals surface area contributed by atoms with Crippen molar-refractivity contribution in [3.63, 3.8) is 0 Å². The van der Waals surface area contributed by atoms with Gasteiger partial charge in [0.2, 0.25) is 10.0 Å². The lowest BCUT2D eigenvalue weighted by Gasteiger charge is -2.28. The number of sulfonamides is 1. The van der Waals surface area contributed by atoms with E-state index in [1.807, 2.05) is 30.3 Å². The Morgan fingerprint density at radius 3 is 2.61 bits per heavy atom. The quantitative estimate of drug-likeness (QED) is 0.612. The highest BCUT2D eigenvalue weighted by atomic mass is 32.2. The number of aryl methyl sites for hydroxylation is 1. The zero-order chi connectivity index (χ0) is 22.0. The molecule has 0 radical (unpaired) electrons. The number of carbonyl (C=O) groups excluding carboxylic acids is 1. The van der Waals surface area contributed by atoms with Crippen LogP contribution in [-0.2, 0) is 17.1 Å². The molecule has 2 N–H and O–H groups in total. The number of benzene rings is 1. The molecule has 3 aromatic rings. The van der Waals surface area contributed by atoms with Gasteiger partial charge in [-0.1, -0.05) is 18.2 Å². The monoisotopic (exact) mass is 441 g/mol. The lowest BCUT2D eigenvalue weighted by Crippen LogP contribution is -2.31. The predicted molar refractivity (Wildman–Crippen MR) is 118 cm³/mol. The molecule has 164 valence electrons. The third-order valence-electron chi connectivity index (χ3n) is 6.03. The van der Waals surface area contributed by atoms with Gasteiger partial charge in [0.05, 0.1) is 17.3 Å². The van der Waals surface area contributed by atoms with Crippen LogP contribution in [0.4, 0.5) is 0 Å². The van der Waals surface area contributed by atoms with Gasteiger partial charge in [0.15, 0.2) is 0 Å². The Kier molecular flexibility index (Phi) is 6.06. The first-order chi connectivity index (χ1) is 14.9. The molecule has 0 unspecified atom stereocenters. The maximum Gasteiger partial charge on any atom is 0.251 e. The van der Waals surface area contributed by atoms with Crippen molar-refractivity contribution in [3.8, 4) is 0 Å². The smallest absolute Gasteiger partial charge is 0.251 e. The second kappa shape index (κ2) is 8.76. The van der Waals surface area contributed by atoms with Crippen molar-refractivity contribution in [2.24, 2.45) is 13.0 Å². The largest absolute Gasteiger partial charge is 0.355 e. The Balaban J connectivity index is 1.43. The molecule has 0 bridgehead atoms. The first kappa shape index (κ1) is 21.5. The summed E-state index contributed by atoms with van der Waals surface area (Å²) in [6, 6.07) is 9.61. The highest BCUT2D eigenvalue weighted by molar-refractivity contribution is 7.89. The summed E-state index contributed by atoms with van der Waals surface area (Å²) >= 11 is 0. The average Bonchev–Trinajstić information content (AvgIpc) is 3.24. The second-order valence-corrected chi connectivity index (χ2v) is 9.88. The lowest BCUT2D eigenvalue weighted by atomic mass is 9.80. The summed E-state index contributed by atoms with van der Waals surface area (Å²) < 4.78 is 29.0. The van der Waals surface area contributed by atoms with Crippen LogP contribution in [0.5, 0.6) is 0 Å². The third-order valence-corrected chi connectivity index (χ3v) is 7.40. The van der Waals surface area contributed by atoms with Crippen LogP contribution in [0, 0.1) is 5.92 Å². The number of carbonyl (C=O) groups is 1. The molecule has 1 amide bonds. The summed E-state index contributed by atoms with van der Waals surface area (Å²) in [7, 11) is -0.212. The van der Waals surface area contributed by atoms with Crippen molar-refractivity contribution >= 4 is 26.8 Å². The van der Waals surface area contributed by atoms with Gasteiger partial charge in [0.25, 0.3) is 5.91 Å². The molecule has 1 aliphatic rings. The summed E-state index contributed by atoms with van der Waals surface area (Å²) in [5.41, 5.74) is 2.41. The number of hydrogen-bond donors (Lipinski definition) is 2. The number of aromatic nitrogens is 3. The first-order valence-corrected chi connectivity index (χ1v) is 12.0. The molecule has 1 fully saturated rings. The normalized spacial score (nSPS) is 19.4. The van der Waals surface area contributed by atoms with Crippen LogP contribution in [0.3, 0.4) is 0 Å². The van der Waals surface area contributed by atoms with Crippen LogP contribution >= 0.6 is 0 Å². The molecule has 0 saturated heterocycles. The van der Waals surface area contributed by atoms with Crippen molar-refractivity contribution in [2.45, 2.75) is 36.5 Å². The third kappa shape index (κ3) is 4.62. The Morgan fingerprint density at radius 1 is 1.19 bits per heavy atom. The molecule has 8 nitrogen and oxygen atoms in total. The Morgan fingerprint density at radius 2 is 1.94 bits per heavy atom. The Labute approximate surface area is 182 Å². The molecular weight excluding hydrogens is 414 g/mol. The van der Waals surface area contributed by atoms with E-state index in [1.165, 1.54) is 17.1 Å². The maximum atomic E-state index is 12.4. The number of nitrogens with zero attached hydrogens (tertiary/aromatic N) is 3. The Hall–Kier alpha value is -2.78. The molecule has 31 heavy (non-hydrogen) atoms. The van der Waals surface area contributed by atoms with Crippen molar-refractivity contribution in [1.29, 1.82) is 0 Å². The van der Waals surface area contributed by atoms with Crippen LogP contribution in [-0.4, -0.2) is 42.7 Å². The fourth-order valence-corrected chi connectivity index (χ4v) is 5.34. The van der Waals surface area contributed by atoms with E-state index in [0.29, 0.717) is 12.1 Å². The zero-order valence-corrected chi connectivity index (χ0v) is 18.5. The number of amides is 1. The molecular formula is C22H27N5O3S. The second-order valence-electron chi connectivity index (χ2n) is 8.11. The van der Waals surface area contributed by atoms with Crippen LogP contribution in [0.2, 0.25) is 0 Å².